The molecule has 0 aliphatic carbocycles. The van der Waals surface area contributed by atoms with Crippen molar-refractivity contribution in [3.05, 3.63) is 53.6 Å². The molecule has 2 rings (SSSR count). The highest BCUT2D eigenvalue weighted by atomic mass is 32.2. The number of hydrogen-bond acceptors (Lipinski definition) is 5. The Labute approximate surface area is 171 Å². The number of rotatable bonds is 8. The topological polar surface area (TPSA) is 106 Å². The lowest BCUT2D eigenvalue weighted by Gasteiger charge is -2.20. The van der Waals surface area contributed by atoms with E-state index in [2.05, 4.69) is 15.4 Å². The highest BCUT2D eigenvalue weighted by Crippen LogP contribution is 2.29. The van der Waals surface area contributed by atoms with Gasteiger partial charge in [-0.25, -0.2) is 13.2 Å². The van der Waals surface area contributed by atoms with Crippen LogP contribution in [-0.4, -0.2) is 34.9 Å². The number of benzene rings is 2. The summed E-state index contributed by atoms with van der Waals surface area (Å²) in [5.41, 5.74) is 2.08. The largest absolute Gasteiger partial charge is 0.493 e. The summed E-state index contributed by atoms with van der Waals surface area (Å²) in [6, 6.07) is 11.4. The summed E-state index contributed by atoms with van der Waals surface area (Å²) < 4.78 is 35.7. The number of anilines is 1. The van der Waals surface area contributed by atoms with Gasteiger partial charge in [-0.05, 0) is 49.2 Å². The highest BCUT2D eigenvalue weighted by molar-refractivity contribution is 7.92. The molecule has 0 fully saturated rings. The first-order valence-electron chi connectivity index (χ1n) is 8.99. The van der Waals surface area contributed by atoms with Crippen molar-refractivity contribution in [3.8, 4) is 11.5 Å². The van der Waals surface area contributed by atoms with Crippen molar-refractivity contribution < 1.29 is 22.7 Å². The summed E-state index contributed by atoms with van der Waals surface area (Å²) in [5, 5.41) is 5.74. The molecule has 0 radical (unpaired) electrons. The standard InChI is InChI=1S/C20H27N3O5S/c1-13(15-7-6-8-17(11-15)23-29(5,25)26)21-20(24)22-14(2)16-9-10-18(27-3)19(12-16)28-4/h6-14,23H,1-5H3,(H2,21,22,24)/t13-,14-/m1/s1. The van der Waals surface area contributed by atoms with E-state index in [0.717, 1.165) is 17.4 Å². The van der Waals surface area contributed by atoms with Gasteiger partial charge in [-0.3, -0.25) is 4.72 Å². The second-order valence-corrected chi connectivity index (χ2v) is 8.42. The first kappa shape index (κ1) is 22.4. The van der Waals surface area contributed by atoms with Gasteiger partial charge in [-0.2, -0.15) is 0 Å². The molecular weight excluding hydrogens is 394 g/mol. The van der Waals surface area contributed by atoms with Gasteiger partial charge in [0.1, 0.15) is 0 Å². The number of amides is 2. The first-order valence-corrected chi connectivity index (χ1v) is 10.9. The Morgan fingerprint density at radius 2 is 1.48 bits per heavy atom. The lowest BCUT2D eigenvalue weighted by atomic mass is 10.1. The average molecular weight is 422 g/mol. The third-order valence-electron chi connectivity index (χ3n) is 4.29. The van der Waals surface area contributed by atoms with Gasteiger partial charge in [0.25, 0.3) is 0 Å². The predicted octanol–water partition coefficient (Wildman–Crippen LogP) is 3.20. The Bertz CT molecular complexity index is 962. The molecule has 0 bridgehead atoms. The molecule has 0 aromatic heterocycles. The number of carbonyl (C=O) groups excluding carboxylic acids is 1. The van der Waals surface area contributed by atoms with Gasteiger partial charge in [-0.15, -0.1) is 0 Å². The summed E-state index contributed by atoms with van der Waals surface area (Å²) in [5.74, 6) is 1.20. The number of methoxy groups -OCH3 is 2. The number of carbonyl (C=O) groups is 1. The summed E-state index contributed by atoms with van der Waals surface area (Å²) >= 11 is 0. The van der Waals surface area contributed by atoms with E-state index in [-0.39, 0.29) is 18.1 Å². The van der Waals surface area contributed by atoms with Crippen LogP contribution in [-0.2, 0) is 10.0 Å². The summed E-state index contributed by atoms with van der Waals surface area (Å²) in [7, 11) is -0.249. The fourth-order valence-electron chi connectivity index (χ4n) is 2.81. The zero-order chi connectivity index (χ0) is 21.6. The smallest absolute Gasteiger partial charge is 0.315 e. The minimum atomic E-state index is -3.37. The Balaban J connectivity index is 2.02. The SMILES string of the molecule is COc1ccc([C@@H](C)NC(=O)N[C@H](C)c2cccc(NS(C)(=O)=O)c2)cc1OC. The maximum Gasteiger partial charge on any atom is 0.315 e. The van der Waals surface area contributed by atoms with E-state index in [0.29, 0.717) is 17.2 Å². The van der Waals surface area contributed by atoms with E-state index in [9.17, 15) is 13.2 Å². The zero-order valence-corrected chi connectivity index (χ0v) is 18.0. The first-order chi connectivity index (χ1) is 13.6. The van der Waals surface area contributed by atoms with E-state index in [4.69, 9.17) is 9.47 Å². The Kier molecular flexibility index (Phi) is 7.33. The van der Waals surface area contributed by atoms with Gasteiger partial charge in [0.2, 0.25) is 10.0 Å². The van der Waals surface area contributed by atoms with Crippen molar-refractivity contribution in [3.63, 3.8) is 0 Å². The molecule has 8 nitrogen and oxygen atoms in total. The van der Waals surface area contributed by atoms with Gasteiger partial charge in [0, 0.05) is 5.69 Å². The maximum atomic E-state index is 12.4. The number of ether oxygens (including phenoxy) is 2. The van der Waals surface area contributed by atoms with Crippen molar-refractivity contribution in [2.45, 2.75) is 25.9 Å². The van der Waals surface area contributed by atoms with Gasteiger partial charge in [0.05, 0.1) is 32.6 Å². The van der Waals surface area contributed by atoms with Crippen LogP contribution in [0.2, 0.25) is 0 Å². The Morgan fingerprint density at radius 3 is 2.03 bits per heavy atom. The molecule has 29 heavy (non-hydrogen) atoms. The van der Waals surface area contributed by atoms with Gasteiger partial charge in [-0.1, -0.05) is 18.2 Å². The summed E-state index contributed by atoms with van der Waals surface area (Å²) in [4.78, 5) is 12.4. The van der Waals surface area contributed by atoms with Gasteiger partial charge in [0.15, 0.2) is 11.5 Å². The van der Waals surface area contributed by atoms with Crippen LogP contribution in [0.25, 0.3) is 0 Å². The molecule has 2 aromatic rings. The third kappa shape index (κ3) is 6.56. The van der Waals surface area contributed by atoms with Crippen molar-refractivity contribution in [1.82, 2.24) is 10.6 Å². The van der Waals surface area contributed by atoms with Crippen LogP contribution in [0.4, 0.5) is 10.5 Å². The van der Waals surface area contributed by atoms with Crippen LogP contribution in [0.15, 0.2) is 42.5 Å². The average Bonchev–Trinajstić information content (AvgIpc) is 2.66. The minimum absolute atomic E-state index is 0.264. The molecule has 0 heterocycles. The van der Waals surface area contributed by atoms with Gasteiger partial charge < -0.3 is 20.1 Å². The molecular formula is C20H27N3O5S. The molecule has 0 saturated carbocycles. The Hall–Kier alpha value is -2.94. The van der Waals surface area contributed by atoms with Crippen LogP contribution in [0.5, 0.6) is 11.5 Å². The number of urea groups is 1. The highest BCUT2D eigenvalue weighted by Gasteiger charge is 2.15. The second-order valence-electron chi connectivity index (χ2n) is 6.68. The van der Waals surface area contributed by atoms with Crippen LogP contribution < -0.4 is 24.8 Å². The number of nitrogens with one attached hydrogen (secondary N) is 3. The van der Waals surface area contributed by atoms with Crippen molar-refractivity contribution in [2.75, 3.05) is 25.2 Å². The molecule has 9 heteroatoms. The quantitative estimate of drug-likeness (QED) is 0.607. The lowest BCUT2D eigenvalue weighted by molar-refractivity contribution is 0.235. The van der Waals surface area contributed by atoms with Crippen LogP contribution >= 0.6 is 0 Å². The molecule has 0 aliphatic rings. The number of hydrogen-bond donors (Lipinski definition) is 3. The molecule has 0 unspecified atom stereocenters. The summed E-state index contributed by atoms with van der Waals surface area (Å²) in [6.07, 6.45) is 1.09. The second kappa shape index (κ2) is 9.51. The van der Waals surface area contributed by atoms with Crippen LogP contribution in [0.1, 0.15) is 37.1 Å². The monoisotopic (exact) mass is 421 g/mol. The molecule has 2 atom stereocenters. The fourth-order valence-corrected chi connectivity index (χ4v) is 3.36. The van der Waals surface area contributed by atoms with E-state index in [1.807, 2.05) is 32.0 Å². The molecule has 2 amide bonds. The zero-order valence-electron chi connectivity index (χ0n) is 17.1. The normalized spacial score (nSPS) is 13.1. The molecule has 0 spiro atoms. The van der Waals surface area contributed by atoms with E-state index in [1.165, 1.54) is 0 Å². The molecule has 0 saturated heterocycles. The van der Waals surface area contributed by atoms with E-state index >= 15 is 0 Å². The minimum Gasteiger partial charge on any atom is -0.493 e. The van der Waals surface area contributed by atoms with E-state index < -0.39 is 10.0 Å². The predicted molar refractivity (Wildman–Crippen MR) is 113 cm³/mol. The van der Waals surface area contributed by atoms with Gasteiger partial charge >= 0.3 is 6.03 Å². The van der Waals surface area contributed by atoms with E-state index in [1.54, 1.807) is 38.5 Å². The fraction of sp³-hybridized carbons (Fsp3) is 0.350. The lowest BCUT2D eigenvalue weighted by Crippen LogP contribution is -2.38. The molecule has 2 aromatic carbocycles. The van der Waals surface area contributed by atoms with Crippen molar-refractivity contribution in [2.24, 2.45) is 0 Å². The molecule has 3 N–H and O–H groups in total. The van der Waals surface area contributed by atoms with Crippen LogP contribution in [0.3, 0.4) is 0 Å². The van der Waals surface area contributed by atoms with Crippen molar-refractivity contribution >= 4 is 21.7 Å². The molecule has 0 aliphatic heterocycles. The van der Waals surface area contributed by atoms with Crippen molar-refractivity contribution in [1.29, 1.82) is 0 Å². The Morgan fingerprint density at radius 1 is 0.897 bits per heavy atom. The summed E-state index contributed by atoms with van der Waals surface area (Å²) in [6.45, 7) is 3.68. The third-order valence-corrected chi connectivity index (χ3v) is 4.90. The maximum absolute atomic E-state index is 12.4. The molecule has 158 valence electrons. The number of sulfonamides is 1. The van der Waals surface area contributed by atoms with Crippen LogP contribution in [0, 0.1) is 0 Å².